The maximum Gasteiger partial charge on any atom is 0.191 e. The van der Waals surface area contributed by atoms with Crippen LogP contribution in [0.1, 0.15) is 63.5 Å². The predicted molar refractivity (Wildman–Crippen MR) is 103 cm³/mol. The van der Waals surface area contributed by atoms with Gasteiger partial charge < -0.3 is 15.2 Å². The molecule has 2 N–H and O–H groups in total. The minimum atomic E-state index is 0. The number of guanidine groups is 1. The molecule has 0 saturated heterocycles. The number of halogens is 1. The molecule has 130 valence electrons. The smallest absolute Gasteiger partial charge is 0.191 e. The van der Waals surface area contributed by atoms with Gasteiger partial charge in [0.2, 0.25) is 0 Å². The van der Waals surface area contributed by atoms with Crippen LogP contribution in [-0.2, 0) is 19.5 Å². The number of nitrogens with one attached hydrogen (secondary N) is 2. The van der Waals surface area contributed by atoms with E-state index in [1.807, 2.05) is 0 Å². The number of nitrogens with zero attached hydrogens (tertiary/aromatic N) is 4. The van der Waals surface area contributed by atoms with Gasteiger partial charge in [-0.15, -0.1) is 34.2 Å². The second-order valence-corrected chi connectivity index (χ2v) is 6.32. The molecule has 1 saturated carbocycles. The lowest BCUT2D eigenvalue weighted by Gasteiger charge is -2.24. The highest BCUT2D eigenvalue weighted by molar-refractivity contribution is 14.0. The second-order valence-electron chi connectivity index (χ2n) is 6.32. The third kappa shape index (κ3) is 5.06. The third-order valence-electron chi connectivity index (χ3n) is 4.60. The molecule has 0 unspecified atom stereocenters. The van der Waals surface area contributed by atoms with Crippen molar-refractivity contribution < 1.29 is 0 Å². The van der Waals surface area contributed by atoms with Crippen LogP contribution < -0.4 is 10.6 Å². The van der Waals surface area contributed by atoms with Gasteiger partial charge in [-0.25, -0.2) is 4.99 Å². The molecule has 1 aliphatic heterocycles. The molecule has 0 aromatic carbocycles. The highest BCUT2D eigenvalue weighted by Crippen LogP contribution is 2.17. The van der Waals surface area contributed by atoms with Gasteiger partial charge in [0.25, 0.3) is 0 Å². The summed E-state index contributed by atoms with van der Waals surface area (Å²) in [5.74, 6) is 3.04. The van der Waals surface area contributed by atoms with Crippen LogP contribution in [0.25, 0.3) is 0 Å². The summed E-state index contributed by atoms with van der Waals surface area (Å²) in [5.41, 5.74) is 0. The van der Waals surface area contributed by atoms with Gasteiger partial charge in [-0.2, -0.15) is 0 Å². The van der Waals surface area contributed by atoms with Gasteiger partial charge in [-0.3, -0.25) is 0 Å². The Labute approximate surface area is 155 Å². The Morgan fingerprint density at radius 2 is 2.00 bits per heavy atom. The molecule has 7 heteroatoms. The number of hydrogen-bond acceptors (Lipinski definition) is 3. The number of hydrogen-bond donors (Lipinski definition) is 2. The van der Waals surface area contributed by atoms with Crippen molar-refractivity contribution in [2.45, 2.75) is 77.4 Å². The summed E-state index contributed by atoms with van der Waals surface area (Å²) in [6.45, 7) is 4.64. The largest absolute Gasteiger partial charge is 0.357 e. The Morgan fingerprint density at radius 3 is 2.78 bits per heavy atom. The SMILES string of the molecule is CCNC(=NCc1nnc2n1CCCC2)NC1CCCCC1.I. The summed E-state index contributed by atoms with van der Waals surface area (Å²) in [6, 6.07) is 0.568. The Hall–Kier alpha value is -0.860. The Morgan fingerprint density at radius 1 is 1.17 bits per heavy atom. The third-order valence-corrected chi connectivity index (χ3v) is 4.60. The summed E-state index contributed by atoms with van der Waals surface area (Å²) in [4.78, 5) is 4.73. The van der Waals surface area contributed by atoms with Gasteiger partial charge in [0, 0.05) is 25.6 Å². The highest BCUT2D eigenvalue weighted by Gasteiger charge is 2.17. The standard InChI is InChI=1S/C16H28N6.HI/c1-2-17-16(19-13-8-4-3-5-9-13)18-12-15-21-20-14-10-6-7-11-22(14)15;/h13H,2-12H2,1H3,(H2,17,18,19);1H. The maximum atomic E-state index is 4.73. The van der Waals surface area contributed by atoms with Crippen molar-refractivity contribution in [1.29, 1.82) is 0 Å². The van der Waals surface area contributed by atoms with E-state index >= 15 is 0 Å². The molecule has 0 spiro atoms. The van der Waals surface area contributed by atoms with Crippen molar-refractivity contribution in [2.75, 3.05) is 6.54 Å². The van der Waals surface area contributed by atoms with Crippen molar-refractivity contribution in [3.05, 3.63) is 11.6 Å². The molecule has 6 nitrogen and oxygen atoms in total. The van der Waals surface area contributed by atoms with Crippen molar-refractivity contribution in [2.24, 2.45) is 4.99 Å². The Kier molecular flexibility index (Phi) is 7.58. The van der Waals surface area contributed by atoms with Gasteiger partial charge in [0.15, 0.2) is 11.8 Å². The number of rotatable bonds is 4. The number of aromatic nitrogens is 3. The quantitative estimate of drug-likeness (QED) is 0.436. The Balaban J connectivity index is 0.00000192. The van der Waals surface area contributed by atoms with Crippen LogP contribution in [0.15, 0.2) is 4.99 Å². The summed E-state index contributed by atoms with van der Waals surface area (Å²) in [7, 11) is 0. The lowest BCUT2D eigenvalue weighted by atomic mass is 9.96. The summed E-state index contributed by atoms with van der Waals surface area (Å²) < 4.78 is 2.25. The van der Waals surface area contributed by atoms with Crippen molar-refractivity contribution in [1.82, 2.24) is 25.4 Å². The molecule has 2 heterocycles. The summed E-state index contributed by atoms with van der Waals surface area (Å²) in [6.07, 6.45) is 10.0. The zero-order valence-electron chi connectivity index (χ0n) is 14.1. The van der Waals surface area contributed by atoms with E-state index in [0.717, 1.165) is 37.1 Å². The van der Waals surface area contributed by atoms with E-state index in [-0.39, 0.29) is 24.0 Å². The van der Waals surface area contributed by atoms with Crippen LogP contribution in [0.5, 0.6) is 0 Å². The molecular formula is C16H29IN6. The van der Waals surface area contributed by atoms with Crippen LogP contribution in [-0.4, -0.2) is 33.3 Å². The molecule has 1 fully saturated rings. The first-order valence-corrected chi connectivity index (χ1v) is 8.82. The Bertz CT molecular complexity index is 507. The molecule has 2 aliphatic rings. The van der Waals surface area contributed by atoms with Crippen LogP contribution >= 0.6 is 24.0 Å². The van der Waals surface area contributed by atoms with Crippen LogP contribution in [0.3, 0.4) is 0 Å². The van der Waals surface area contributed by atoms with E-state index in [4.69, 9.17) is 4.99 Å². The lowest BCUT2D eigenvalue weighted by Crippen LogP contribution is -2.44. The molecule has 0 bridgehead atoms. The molecule has 3 rings (SSSR count). The van der Waals surface area contributed by atoms with Crippen LogP contribution in [0.2, 0.25) is 0 Å². The van der Waals surface area contributed by atoms with E-state index in [1.165, 1.54) is 44.9 Å². The van der Waals surface area contributed by atoms with Gasteiger partial charge in [-0.05, 0) is 32.6 Å². The van der Waals surface area contributed by atoms with Gasteiger partial charge in [0.05, 0.1) is 0 Å². The topological polar surface area (TPSA) is 67.1 Å². The van der Waals surface area contributed by atoms with Crippen LogP contribution in [0.4, 0.5) is 0 Å². The first kappa shape index (κ1) is 18.5. The number of aliphatic imine (C=N–C) groups is 1. The van der Waals surface area contributed by atoms with Crippen molar-refractivity contribution in [3.63, 3.8) is 0 Å². The molecule has 0 amide bonds. The van der Waals surface area contributed by atoms with E-state index in [2.05, 4.69) is 32.3 Å². The molecule has 1 aromatic rings. The fraction of sp³-hybridized carbons (Fsp3) is 0.812. The zero-order chi connectivity index (χ0) is 15.2. The van der Waals surface area contributed by atoms with E-state index in [0.29, 0.717) is 12.6 Å². The summed E-state index contributed by atoms with van der Waals surface area (Å²) in [5, 5.41) is 15.6. The normalized spacial score (nSPS) is 18.9. The van der Waals surface area contributed by atoms with Crippen molar-refractivity contribution >= 4 is 29.9 Å². The average molecular weight is 432 g/mol. The van der Waals surface area contributed by atoms with Crippen LogP contribution in [0, 0.1) is 0 Å². The first-order valence-electron chi connectivity index (χ1n) is 8.82. The molecule has 0 radical (unpaired) electrons. The molecule has 23 heavy (non-hydrogen) atoms. The average Bonchev–Trinajstić information content (AvgIpc) is 2.97. The number of aryl methyl sites for hydroxylation is 1. The monoisotopic (exact) mass is 432 g/mol. The molecular weight excluding hydrogens is 403 g/mol. The molecule has 1 aliphatic carbocycles. The first-order chi connectivity index (χ1) is 10.9. The van der Waals surface area contributed by atoms with Gasteiger partial charge >= 0.3 is 0 Å². The second kappa shape index (κ2) is 9.44. The predicted octanol–water partition coefficient (Wildman–Crippen LogP) is 2.62. The fourth-order valence-corrected chi connectivity index (χ4v) is 3.40. The summed E-state index contributed by atoms with van der Waals surface area (Å²) >= 11 is 0. The van der Waals surface area contributed by atoms with E-state index < -0.39 is 0 Å². The maximum absolute atomic E-state index is 4.73. The molecule has 0 atom stereocenters. The van der Waals surface area contributed by atoms with Gasteiger partial charge in [0.1, 0.15) is 12.4 Å². The van der Waals surface area contributed by atoms with Crippen molar-refractivity contribution in [3.8, 4) is 0 Å². The zero-order valence-corrected chi connectivity index (χ0v) is 16.4. The van der Waals surface area contributed by atoms with E-state index in [9.17, 15) is 0 Å². The fourth-order valence-electron chi connectivity index (χ4n) is 3.40. The molecule has 1 aromatic heterocycles. The minimum absolute atomic E-state index is 0. The van der Waals surface area contributed by atoms with E-state index in [1.54, 1.807) is 0 Å². The number of fused-ring (bicyclic) bond motifs is 1. The highest BCUT2D eigenvalue weighted by atomic mass is 127. The lowest BCUT2D eigenvalue weighted by molar-refractivity contribution is 0.410. The van der Waals surface area contributed by atoms with Gasteiger partial charge in [-0.1, -0.05) is 19.3 Å². The minimum Gasteiger partial charge on any atom is -0.357 e.